The molecule has 164 valence electrons. The van der Waals surface area contributed by atoms with Crippen LogP contribution in [0.2, 0.25) is 0 Å². The number of carbonyl (C=O) groups excluding carboxylic acids is 1. The summed E-state index contributed by atoms with van der Waals surface area (Å²) in [6.45, 7) is 11.0. The molecule has 1 aromatic heterocycles. The van der Waals surface area contributed by atoms with Gasteiger partial charge in [-0.15, -0.1) is 0 Å². The number of nitrogens with one attached hydrogen (secondary N) is 2. The molecule has 0 atom stereocenters. The van der Waals surface area contributed by atoms with Crippen molar-refractivity contribution in [3.8, 4) is 0 Å². The van der Waals surface area contributed by atoms with E-state index in [9.17, 15) is 9.59 Å². The maximum Gasteiger partial charge on any atom is 0.329 e. The van der Waals surface area contributed by atoms with Gasteiger partial charge in [-0.2, -0.15) is 0 Å². The van der Waals surface area contributed by atoms with Crippen molar-refractivity contribution in [1.82, 2.24) is 9.13 Å². The van der Waals surface area contributed by atoms with Gasteiger partial charge in [0.25, 0.3) is 0 Å². The average molecular weight is 422 g/mol. The Balaban J connectivity index is 1.77. The van der Waals surface area contributed by atoms with Gasteiger partial charge in [0.05, 0.1) is 22.4 Å². The Hall–Kier alpha value is -3.22. The summed E-state index contributed by atoms with van der Waals surface area (Å²) >= 11 is 0. The molecule has 2 N–H and O–H groups in total. The number of nitrogens with zero attached hydrogens (tertiary/aromatic N) is 3. The van der Waals surface area contributed by atoms with E-state index in [1.165, 1.54) is 0 Å². The molecule has 3 aromatic rings. The van der Waals surface area contributed by atoms with Crippen LogP contribution in [0.4, 0.5) is 21.9 Å². The van der Waals surface area contributed by atoms with E-state index in [2.05, 4.69) is 21.6 Å². The number of hydrogen-bond donors (Lipinski definition) is 2. The Morgan fingerprint density at radius 2 is 1.52 bits per heavy atom. The fraction of sp³-hybridized carbons (Fsp3) is 0.417. The normalized spacial score (nSPS) is 13.7. The SMILES string of the molecule is CCn1c(=O)n(CC)c2cc(N3CCCC3)c(NC(=O)Nc3c(C)cccc3C)cc21. The first-order valence-electron chi connectivity index (χ1n) is 11.1. The number of benzene rings is 2. The first kappa shape index (κ1) is 21.0. The topological polar surface area (TPSA) is 71.3 Å². The van der Waals surface area contributed by atoms with E-state index >= 15 is 0 Å². The highest BCUT2D eigenvalue weighted by Gasteiger charge is 2.21. The van der Waals surface area contributed by atoms with Gasteiger partial charge in [-0.1, -0.05) is 18.2 Å². The molecule has 2 heterocycles. The zero-order valence-electron chi connectivity index (χ0n) is 18.8. The maximum atomic E-state index is 13.0. The zero-order valence-corrected chi connectivity index (χ0v) is 18.8. The van der Waals surface area contributed by atoms with Gasteiger partial charge >= 0.3 is 11.7 Å². The van der Waals surface area contributed by atoms with Crippen LogP contribution in [0, 0.1) is 13.8 Å². The molecule has 1 fully saturated rings. The number of hydrogen-bond acceptors (Lipinski definition) is 3. The molecule has 2 aromatic carbocycles. The highest BCUT2D eigenvalue weighted by atomic mass is 16.2. The molecule has 0 saturated carbocycles. The van der Waals surface area contributed by atoms with E-state index in [0.717, 1.165) is 65.2 Å². The molecular formula is C24H31N5O2. The summed E-state index contributed by atoms with van der Waals surface area (Å²) < 4.78 is 3.57. The maximum absolute atomic E-state index is 13.0. The summed E-state index contributed by atoms with van der Waals surface area (Å²) in [7, 11) is 0. The predicted molar refractivity (Wildman–Crippen MR) is 128 cm³/mol. The highest BCUT2D eigenvalue weighted by molar-refractivity contribution is 6.04. The number of amides is 2. The van der Waals surface area contributed by atoms with Crippen molar-refractivity contribution in [2.45, 2.75) is 53.6 Å². The van der Waals surface area contributed by atoms with Crippen LogP contribution in [0.3, 0.4) is 0 Å². The van der Waals surface area contributed by atoms with Gasteiger partial charge in [0, 0.05) is 31.9 Å². The lowest BCUT2D eigenvalue weighted by Gasteiger charge is -2.23. The summed E-state index contributed by atoms with van der Waals surface area (Å²) in [6.07, 6.45) is 2.26. The Labute approximate surface area is 182 Å². The van der Waals surface area contributed by atoms with Crippen LogP contribution in [0.15, 0.2) is 35.1 Å². The highest BCUT2D eigenvalue weighted by Crippen LogP contribution is 2.34. The second kappa shape index (κ2) is 8.49. The molecule has 2 amide bonds. The third-order valence-electron chi connectivity index (χ3n) is 6.18. The molecule has 0 radical (unpaired) electrons. The number of para-hydroxylation sites is 1. The summed E-state index contributed by atoms with van der Waals surface area (Å²) in [6, 6.07) is 9.68. The minimum absolute atomic E-state index is 0.00971. The van der Waals surface area contributed by atoms with Gasteiger partial charge in [0.1, 0.15) is 0 Å². The Morgan fingerprint density at radius 1 is 0.935 bits per heavy atom. The van der Waals surface area contributed by atoms with E-state index in [1.54, 1.807) is 9.13 Å². The second-order valence-corrected chi connectivity index (χ2v) is 8.17. The number of aromatic nitrogens is 2. The summed E-state index contributed by atoms with van der Waals surface area (Å²) in [5, 5.41) is 6.07. The molecule has 31 heavy (non-hydrogen) atoms. The quantitative estimate of drug-likeness (QED) is 0.627. The molecule has 4 rings (SSSR count). The van der Waals surface area contributed by atoms with Crippen LogP contribution < -0.4 is 21.2 Å². The minimum atomic E-state index is -0.280. The van der Waals surface area contributed by atoms with Crippen molar-refractivity contribution in [1.29, 1.82) is 0 Å². The lowest BCUT2D eigenvalue weighted by atomic mass is 10.1. The number of urea groups is 1. The lowest BCUT2D eigenvalue weighted by Crippen LogP contribution is -2.24. The Kier molecular flexibility index (Phi) is 5.76. The fourth-order valence-electron chi connectivity index (χ4n) is 4.56. The number of aryl methyl sites for hydroxylation is 4. The van der Waals surface area contributed by atoms with Crippen LogP contribution >= 0.6 is 0 Å². The summed E-state index contributed by atoms with van der Waals surface area (Å²) in [5.41, 5.74) is 6.31. The predicted octanol–water partition coefficient (Wildman–Crippen LogP) is 4.70. The van der Waals surface area contributed by atoms with Crippen LogP contribution in [-0.4, -0.2) is 28.3 Å². The van der Waals surface area contributed by atoms with Crippen LogP contribution in [-0.2, 0) is 13.1 Å². The number of rotatable bonds is 5. The van der Waals surface area contributed by atoms with Gasteiger partial charge in [-0.25, -0.2) is 9.59 Å². The van der Waals surface area contributed by atoms with Gasteiger partial charge in [0.15, 0.2) is 0 Å². The van der Waals surface area contributed by atoms with Crippen molar-refractivity contribution in [2.24, 2.45) is 0 Å². The van der Waals surface area contributed by atoms with E-state index in [-0.39, 0.29) is 11.7 Å². The summed E-state index contributed by atoms with van der Waals surface area (Å²) in [5.74, 6) is 0. The van der Waals surface area contributed by atoms with E-state index in [1.807, 2.05) is 52.0 Å². The number of fused-ring (bicyclic) bond motifs is 1. The zero-order chi connectivity index (χ0) is 22.1. The molecule has 0 spiro atoms. The van der Waals surface area contributed by atoms with Crippen molar-refractivity contribution in [2.75, 3.05) is 28.6 Å². The van der Waals surface area contributed by atoms with Crippen molar-refractivity contribution >= 4 is 34.1 Å². The second-order valence-electron chi connectivity index (χ2n) is 8.17. The molecular weight excluding hydrogens is 390 g/mol. The molecule has 0 aliphatic carbocycles. The number of imidazole rings is 1. The van der Waals surface area contributed by atoms with Gasteiger partial charge in [-0.05, 0) is 63.8 Å². The largest absolute Gasteiger partial charge is 0.370 e. The van der Waals surface area contributed by atoms with Crippen LogP contribution in [0.1, 0.15) is 37.8 Å². The fourth-order valence-corrected chi connectivity index (χ4v) is 4.56. The Morgan fingerprint density at radius 3 is 2.10 bits per heavy atom. The molecule has 1 aliphatic rings. The first-order chi connectivity index (χ1) is 14.9. The number of anilines is 3. The van der Waals surface area contributed by atoms with E-state index < -0.39 is 0 Å². The molecule has 1 saturated heterocycles. The van der Waals surface area contributed by atoms with Gasteiger partial charge < -0.3 is 15.5 Å². The molecule has 0 unspecified atom stereocenters. The van der Waals surface area contributed by atoms with Crippen LogP contribution in [0.25, 0.3) is 11.0 Å². The minimum Gasteiger partial charge on any atom is -0.370 e. The van der Waals surface area contributed by atoms with Crippen molar-refractivity contribution in [3.63, 3.8) is 0 Å². The third-order valence-corrected chi connectivity index (χ3v) is 6.18. The standard InChI is InChI=1S/C24H31N5O2/c1-5-28-20-14-18(25-23(30)26-22-16(3)10-9-11-17(22)4)19(27-12-7-8-13-27)15-21(20)29(6-2)24(28)31/h9-11,14-15H,5-8,12-13H2,1-4H3,(H2,25,26,30). The van der Waals surface area contributed by atoms with Crippen molar-refractivity contribution < 1.29 is 4.79 Å². The Bertz CT molecular complexity index is 1160. The average Bonchev–Trinajstić information content (AvgIpc) is 3.35. The van der Waals surface area contributed by atoms with Gasteiger partial charge in [0.2, 0.25) is 0 Å². The first-order valence-corrected chi connectivity index (χ1v) is 11.1. The monoisotopic (exact) mass is 421 g/mol. The van der Waals surface area contributed by atoms with Crippen LogP contribution in [0.5, 0.6) is 0 Å². The molecule has 0 bridgehead atoms. The van der Waals surface area contributed by atoms with E-state index in [4.69, 9.17) is 0 Å². The molecule has 7 nitrogen and oxygen atoms in total. The smallest absolute Gasteiger partial charge is 0.329 e. The number of carbonyl (C=O) groups is 1. The van der Waals surface area contributed by atoms with Crippen molar-refractivity contribution in [3.05, 3.63) is 51.9 Å². The molecule has 1 aliphatic heterocycles. The van der Waals surface area contributed by atoms with E-state index in [0.29, 0.717) is 13.1 Å². The molecule has 7 heteroatoms. The third kappa shape index (κ3) is 3.80. The lowest BCUT2D eigenvalue weighted by molar-refractivity contribution is 0.262. The van der Waals surface area contributed by atoms with Gasteiger partial charge in [-0.3, -0.25) is 9.13 Å². The summed E-state index contributed by atoms with van der Waals surface area (Å²) in [4.78, 5) is 28.1.